The van der Waals surface area contributed by atoms with Gasteiger partial charge < -0.3 is 9.32 Å². The van der Waals surface area contributed by atoms with E-state index in [1.807, 2.05) is 11.3 Å². The molecule has 0 fully saturated rings. The minimum Gasteiger partial charge on any atom is -0.455 e. The number of para-hydroxylation sites is 1. The molecule has 0 saturated heterocycles. The molecule has 2 aromatic heterocycles. The van der Waals surface area contributed by atoms with Gasteiger partial charge in [0, 0.05) is 59.1 Å². The largest absolute Gasteiger partial charge is 0.455 e. The summed E-state index contributed by atoms with van der Waals surface area (Å²) in [5.41, 5.74) is 12.1. The average molecular weight is 770 g/mol. The smallest absolute Gasteiger partial charge is 0.143 e. The molecule has 0 spiro atoms. The average Bonchev–Trinajstić information content (AvgIpc) is 3.90. The maximum absolute atomic E-state index is 6.62. The summed E-state index contributed by atoms with van der Waals surface area (Å²) in [4.78, 5) is 2.35. The molecular weight excluding hydrogens is 735 g/mol. The van der Waals surface area contributed by atoms with Crippen molar-refractivity contribution < 1.29 is 4.42 Å². The summed E-state index contributed by atoms with van der Waals surface area (Å²) in [6.45, 7) is 0. The van der Waals surface area contributed by atoms with Crippen LogP contribution in [-0.4, -0.2) is 0 Å². The maximum Gasteiger partial charge on any atom is 0.143 e. The fraction of sp³-hybridized carbons (Fsp3) is 0. The second kappa shape index (κ2) is 13.6. The van der Waals surface area contributed by atoms with Crippen LogP contribution in [0.15, 0.2) is 217 Å². The van der Waals surface area contributed by atoms with E-state index < -0.39 is 0 Å². The van der Waals surface area contributed by atoms with Crippen LogP contribution in [0.2, 0.25) is 0 Å². The summed E-state index contributed by atoms with van der Waals surface area (Å²) in [7, 11) is 0. The first-order chi connectivity index (χ1) is 29.2. The number of benzene rings is 10. The Hall–Kier alpha value is -7.46. The minimum absolute atomic E-state index is 0.910. The van der Waals surface area contributed by atoms with Crippen molar-refractivity contribution in [2.45, 2.75) is 0 Å². The predicted octanol–water partition coefficient (Wildman–Crippen LogP) is 16.7. The van der Waals surface area contributed by atoms with E-state index in [9.17, 15) is 0 Å². The van der Waals surface area contributed by atoms with Crippen LogP contribution in [0.3, 0.4) is 0 Å². The Bertz CT molecular complexity index is 3530. The van der Waals surface area contributed by atoms with Gasteiger partial charge in [-0.3, -0.25) is 0 Å². The highest BCUT2D eigenvalue weighted by atomic mass is 32.1. The normalized spacial score (nSPS) is 11.7. The molecule has 0 atom stereocenters. The van der Waals surface area contributed by atoms with Crippen molar-refractivity contribution in [3.05, 3.63) is 212 Å². The van der Waals surface area contributed by atoms with Crippen LogP contribution in [0.4, 0.5) is 17.1 Å². The molecule has 0 aliphatic rings. The van der Waals surface area contributed by atoms with Crippen LogP contribution >= 0.6 is 11.3 Å². The van der Waals surface area contributed by atoms with Gasteiger partial charge in [0.05, 0.1) is 0 Å². The first-order valence-electron chi connectivity index (χ1n) is 20.1. The van der Waals surface area contributed by atoms with Gasteiger partial charge in [0.1, 0.15) is 11.2 Å². The van der Waals surface area contributed by atoms with Crippen LogP contribution in [0.5, 0.6) is 0 Å². The standard InChI is InChI=1S/C56H35NOS/c1-2-11-36(12-3-1)37-21-28-42(29-22-37)57(43-30-23-39(24-31-43)47-18-10-19-49-53-45-15-6-4-13-38(45)27-34-51(53)58-55(47)49)44-32-25-40(26-33-44)50-35-41-14-5-7-16-46(41)54-48-17-8-9-20-52(48)59-56(50)54/h1-35H. The van der Waals surface area contributed by atoms with E-state index >= 15 is 0 Å². The van der Waals surface area contributed by atoms with Crippen molar-refractivity contribution in [3.8, 4) is 33.4 Å². The van der Waals surface area contributed by atoms with Crippen molar-refractivity contribution in [1.82, 2.24) is 0 Å². The second-order valence-corrected chi connectivity index (χ2v) is 16.3. The fourth-order valence-electron chi connectivity index (χ4n) is 9.04. The highest BCUT2D eigenvalue weighted by Gasteiger charge is 2.19. The van der Waals surface area contributed by atoms with Crippen molar-refractivity contribution in [2.75, 3.05) is 4.90 Å². The second-order valence-electron chi connectivity index (χ2n) is 15.2. The number of thiophene rings is 1. The van der Waals surface area contributed by atoms with E-state index in [0.717, 1.165) is 44.7 Å². The Balaban J connectivity index is 0.968. The quantitative estimate of drug-likeness (QED) is 0.167. The van der Waals surface area contributed by atoms with Crippen LogP contribution in [0.1, 0.15) is 0 Å². The van der Waals surface area contributed by atoms with Gasteiger partial charge in [-0.1, -0.05) is 158 Å². The van der Waals surface area contributed by atoms with Gasteiger partial charge in [0.2, 0.25) is 0 Å². The molecule has 12 rings (SSSR count). The third-order valence-corrected chi connectivity index (χ3v) is 13.1. The number of rotatable bonds is 6. The van der Waals surface area contributed by atoms with Gasteiger partial charge in [-0.25, -0.2) is 0 Å². The molecule has 276 valence electrons. The summed E-state index contributed by atoms with van der Waals surface area (Å²) >= 11 is 1.89. The monoisotopic (exact) mass is 769 g/mol. The number of anilines is 3. The molecule has 12 aromatic rings. The van der Waals surface area contributed by atoms with E-state index in [4.69, 9.17) is 4.42 Å². The van der Waals surface area contributed by atoms with Crippen LogP contribution in [0, 0.1) is 0 Å². The van der Waals surface area contributed by atoms with Crippen LogP contribution in [-0.2, 0) is 0 Å². The molecule has 59 heavy (non-hydrogen) atoms. The number of fused-ring (bicyclic) bond motifs is 10. The maximum atomic E-state index is 6.62. The van der Waals surface area contributed by atoms with E-state index in [-0.39, 0.29) is 0 Å². The zero-order valence-electron chi connectivity index (χ0n) is 32.0. The first-order valence-corrected chi connectivity index (χ1v) is 20.9. The third kappa shape index (κ3) is 5.55. The van der Waals surface area contributed by atoms with Crippen LogP contribution in [0.25, 0.3) is 97.0 Å². The molecule has 3 heteroatoms. The molecule has 0 amide bonds. The van der Waals surface area contributed by atoms with E-state index in [0.29, 0.717) is 0 Å². The van der Waals surface area contributed by atoms with E-state index in [1.54, 1.807) is 0 Å². The van der Waals surface area contributed by atoms with Gasteiger partial charge >= 0.3 is 0 Å². The first kappa shape index (κ1) is 33.7. The SMILES string of the molecule is c1ccc(-c2ccc(N(c3ccc(-c4cccc5c4oc4ccc6ccccc6c45)cc3)c3ccc(-c4cc5ccccc5c5c4sc4ccccc45)cc3)cc2)cc1. The Labute approximate surface area is 345 Å². The Kier molecular flexibility index (Phi) is 7.75. The minimum atomic E-state index is 0.910. The fourth-order valence-corrected chi connectivity index (χ4v) is 10.3. The van der Waals surface area contributed by atoms with Gasteiger partial charge in [-0.05, 0) is 98.4 Å². The van der Waals surface area contributed by atoms with Crippen molar-refractivity contribution in [3.63, 3.8) is 0 Å². The molecule has 0 aliphatic heterocycles. The highest BCUT2D eigenvalue weighted by Crippen LogP contribution is 2.46. The molecule has 2 nitrogen and oxygen atoms in total. The molecule has 10 aromatic carbocycles. The van der Waals surface area contributed by atoms with E-state index in [2.05, 4.69) is 217 Å². The summed E-state index contributed by atoms with van der Waals surface area (Å²) < 4.78 is 9.26. The summed E-state index contributed by atoms with van der Waals surface area (Å²) in [6, 6.07) is 76.7. The van der Waals surface area contributed by atoms with Crippen molar-refractivity contribution in [1.29, 1.82) is 0 Å². The molecule has 0 unspecified atom stereocenters. The molecular formula is C56H35NOS. The lowest BCUT2D eigenvalue weighted by Gasteiger charge is -2.26. The number of furan rings is 1. The van der Waals surface area contributed by atoms with Crippen molar-refractivity contribution in [2.24, 2.45) is 0 Å². The summed E-state index contributed by atoms with van der Waals surface area (Å²) in [5, 5.41) is 9.96. The Morgan fingerprint density at radius 1 is 0.356 bits per heavy atom. The Morgan fingerprint density at radius 2 is 0.898 bits per heavy atom. The van der Waals surface area contributed by atoms with Gasteiger partial charge in [-0.15, -0.1) is 11.3 Å². The molecule has 0 bridgehead atoms. The number of nitrogens with zero attached hydrogens (tertiary/aromatic N) is 1. The number of hydrogen-bond donors (Lipinski definition) is 0. The third-order valence-electron chi connectivity index (χ3n) is 11.9. The lowest BCUT2D eigenvalue weighted by molar-refractivity contribution is 0.670. The molecule has 0 aliphatic carbocycles. The summed E-state index contributed by atoms with van der Waals surface area (Å²) in [6.07, 6.45) is 0. The van der Waals surface area contributed by atoms with Gasteiger partial charge in [0.15, 0.2) is 0 Å². The molecule has 0 N–H and O–H groups in total. The Morgan fingerprint density at radius 3 is 1.61 bits per heavy atom. The lowest BCUT2D eigenvalue weighted by Crippen LogP contribution is -2.09. The molecule has 0 radical (unpaired) electrons. The number of hydrogen-bond acceptors (Lipinski definition) is 3. The van der Waals surface area contributed by atoms with Gasteiger partial charge in [0.25, 0.3) is 0 Å². The van der Waals surface area contributed by atoms with E-state index in [1.165, 1.54) is 69.4 Å². The highest BCUT2D eigenvalue weighted by molar-refractivity contribution is 7.26. The molecule has 0 saturated carbocycles. The zero-order valence-corrected chi connectivity index (χ0v) is 32.8. The topological polar surface area (TPSA) is 16.4 Å². The van der Waals surface area contributed by atoms with Gasteiger partial charge in [-0.2, -0.15) is 0 Å². The van der Waals surface area contributed by atoms with Crippen molar-refractivity contribution >= 4 is 92.1 Å². The molecule has 2 heterocycles. The lowest BCUT2D eigenvalue weighted by atomic mass is 9.96. The van der Waals surface area contributed by atoms with Crippen LogP contribution < -0.4 is 4.90 Å². The zero-order chi connectivity index (χ0) is 38.9. The predicted molar refractivity (Wildman–Crippen MR) is 253 cm³/mol. The summed E-state index contributed by atoms with van der Waals surface area (Å²) in [5.74, 6) is 0.